The molecule has 1 heterocycles. The maximum absolute atomic E-state index is 13.6. The van der Waals surface area contributed by atoms with E-state index in [1.54, 1.807) is 0 Å². The second kappa shape index (κ2) is 5.28. The lowest BCUT2D eigenvalue weighted by molar-refractivity contribution is -0.114. The zero-order valence-electron chi connectivity index (χ0n) is 11.1. The predicted molar refractivity (Wildman–Crippen MR) is 70.9 cm³/mol. The van der Waals surface area contributed by atoms with E-state index in [0.717, 1.165) is 31.0 Å². The van der Waals surface area contributed by atoms with Crippen molar-refractivity contribution in [3.8, 4) is 0 Å². The van der Waals surface area contributed by atoms with Gasteiger partial charge in [-0.1, -0.05) is 6.07 Å². The average Bonchev–Trinajstić information content (AvgIpc) is 2.44. The van der Waals surface area contributed by atoms with Gasteiger partial charge in [0, 0.05) is 18.6 Å². The molecular weight excluding hydrogens is 302 g/mol. The molecule has 1 saturated carbocycles. The van der Waals surface area contributed by atoms with E-state index < -0.39 is 38.6 Å². The zero-order valence-corrected chi connectivity index (χ0v) is 11.9. The van der Waals surface area contributed by atoms with Gasteiger partial charge in [-0.25, -0.2) is 21.9 Å². The van der Waals surface area contributed by atoms with E-state index in [9.17, 15) is 17.2 Å². The number of nitrogens with two attached hydrogens (primary N) is 1. The van der Waals surface area contributed by atoms with Gasteiger partial charge in [0.15, 0.2) is 4.90 Å². The average molecular weight is 318 g/mol. The van der Waals surface area contributed by atoms with E-state index in [1.807, 2.05) is 0 Å². The Bertz CT molecular complexity index is 633. The minimum atomic E-state index is -4.33. The Balaban J connectivity index is 1.84. The van der Waals surface area contributed by atoms with Crippen LogP contribution in [0.5, 0.6) is 0 Å². The summed E-state index contributed by atoms with van der Waals surface area (Å²) in [6.07, 6.45) is 1.44. The molecule has 116 valence electrons. The largest absolute Gasteiger partial charge is 0.376 e. The lowest BCUT2D eigenvalue weighted by Crippen LogP contribution is -2.72. The Kier molecular flexibility index (Phi) is 3.73. The second-order valence-corrected chi connectivity index (χ2v) is 7.07. The van der Waals surface area contributed by atoms with Gasteiger partial charge in [0.1, 0.15) is 11.6 Å². The van der Waals surface area contributed by atoms with E-state index in [2.05, 4.69) is 4.72 Å². The summed E-state index contributed by atoms with van der Waals surface area (Å²) < 4.78 is 59.4. The number of nitrogens with one attached hydrogen (secondary N) is 1. The minimum Gasteiger partial charge on any atom is -0.376 e. The van der Waals surface area contributed by atoms with Gasteiger partial charge in [-0.05, 0) is 25.0 Å². The number of benzene rings is 1. The van der Waals surface area contributed by atoms with E-state index >= 15 is 0 Å². The summed E-state index contributed by atoms with van der Waals surface area (Å²) >= 11 is 0. The lowest BCUT2D eigenvalue weighted by atomic mass is 9.69. The van der Waals surface area contributed by atoms with Gasteiger partial charge in [0.25, 0.3) is 0 Å². The first kappa shape index (κ1) is 14.8. The Morgan fingerprint density at radius 1 is 1.29 bits per heavy atom. The Morgan fingerprint density at radius 2 is 1.95 bits per heavy atom. The van der Waals surface area contributed by atoms with Crippen LogP contribution < -0.4 is 10.5 Å². The van der Waals surface area contributed by atoms with E-state index in [-0.39, 0.29) is 12.0 Å². The third-order valence-electron chi connectivity index (χ3n) is 4.16. The quantitative estimate of drug-likeness (QED) is 0.862. The zero-order chi connectivity index (χ0) is 15.2. The van der Waals surface area contributed by atoms with Crippen LogP contribution in [-0.2, 0) is 14.8 Å². The van der Waals surface area contributed by atoms with Gasteiger partial charge in [0.2, 0.25) is 10.0 Å². The third kappa shape index (κ3) is 2.46. The fourth-order valence-electron chi connectivity index (χ4n) is 3.07. The molecular formula is C13H16F2N2O3S. The fraction of sp³-hybridized carbons (Fsp3) is 0.538. The monoisotopic (exact) mass is 318 g/mol. The van der Waals surface area contributed by atoms with Crippen molar-refractivity contribution in [1.29, 1.82) is 0 Å². The van der Waals surface area contributed by atoms with Crippen molar-refractivity contribution in [1.82, 2.24) is 4.72 Å². The normalized spacial score (nSPS) is 32.3. The van der Waals surface area contributed by atoms with Gasteiger partial charge in [-0.2, -0.15) is 0 Å². The van der Waals surface area contributed by atoms with Crippen molar-refractivity contribution < 1.29 is 21.9 Å². The molecule has 5 nitrogen and oxygen atoms in total. The van der Waals surface area contributed by atoms with Crippen molar-refractivity contribution in [2.75, 3.05) is 6.61 Å². The molecule has 1 aromatic carbocycles. The molecule has 8 heteroatoms. The SMILES string of the molecule is NC1C2CCCOC2C1NS(=O)(=O)c1c(F)cccc1F. The number of fused-ring (bicyclic) bond motifs is 1. The number of rotatable bonds is 3. The van der Waals surface area contributed by atoms with Crippen LogP contribution in [0.1, 0.15) is 12.8 Å². The van der Waals surface area contributed by atoms with Crippen LogP contribution >= 0.6 is 0 Å². The van der Waals surface area contributed by atoms with Crippen LogP contribution in [-0.4, -0.2) is 33.2 Å². The molecule has 1 aliphatic carbocycles. The van der Waals surface area contributed by atoms with Crippen LogP contribution in [0, 0.1) is 17.6 Å². The van der Waals surface area contributed by atoms with Crippen LogP contribution in [0.3, 0.4) is 0 Å². The summed E-state index contributed by atoms with van der Waals surface area (Å²) in [6, 6.07) is 1.86. The molecule has 0 spiro atoms. The summed E-state index contributed by atoms with van der Waals surface area (Å²) in [7, 11) is -4.33. The summed E-state index contributed by atoms with van der Waals surface area (Å²) in [5.74, 6) is -2.16. The van der Waals surface area contributed by atoms with Crippen molar-refractivity contribution in [2.24, 2.45) is 11.7 Å². The highest BCUT2D eigenvalue weighted by Crippen LogP contribution is 2.37. The highest BCUT2D eigenvalue weighted by molar-refractivity contribution is 7.89. The summed E-state index contributed by atoms with van der Waals surface area (Å²) in [4.78, 5) is -0.976. The van der Waals surface area contributed by atoms with Gasteiger partial charge in [-0.15, -0.1) is 0 Å². The smallest absolute Gasteiger partial charge is 0.246 e. The first-order valence-corrected chi connectivity index (χ1v) is 8.23. The van der Waals surface area contributed by atoms with Crippen LogP contribution in [0.25, 0.3) is 0 Å². The molecule has 1 aromatic rings. The summed E-state index contributed by atoms with van der Waals surface area (Å²) in [5, 5.41) is 0. The first-order valence-electron chi connectivity index (χ1n) is 6.75. The van der Waals surface area contributed by atoms with Gasteiger partial charge >= 0.3 is 0 Å². The first-order chi connectivity index (χ1) is 9.92. The molecule has 4 unspecified atom stereocenters. The number of ether oxygens (including phenoxy) is 1. The molecule has 2 fully saturated rings. The third-order valence-corrected chi connectivity index (χ3v) is 5.67. The molecule has 3 N–H and O–H groups in total. The van der Waals surface area contributed by atoms with Crippen LogP contribution in [0.2, 0.25) is 0 Å². The topological polar surface area (TPSA) is 81.4 Å². The molecule has 0 bridgehead atoms. The number of sulfonamides is 1. The van der Waals surface area contributed by atoms with Gasteiger partial charge in [0.05, 0.1) is 12.1 Å². The molecule has 0 aromatic heterocycles. The molecule has 1 aliphatic heterocycles. The maximum atomic E-state index is 13.6. The Labute approximate surface area is 121 Å². The Hall–Kier alpha value is -1.09. The second-order valence-electron chi connectivity index (χ2n) is 5.42. The number of hydrogen-bond donors (Lipinski definition) is 2. The van der Waals surface area contributed by atoms with E-state index in [4.69, 9.17) is 10.5 Å². The van der Waals surface area contributed by atoms with Crippen molar-refractivity contribution in [3.63, 3.8) is 0 Å². The van der Waals surface area contributed by atoms with Crippen molar-refractivity contribution in [2.45, 2.75) is 35.9 Å². The van der Waals surface area contributed by atoms with Crippen LogP contribution in [0.4, 0.5) is 8.78 Å². The van der Waals surface area contributed by atoms with Crippen molar-refractivity contribution in [3.05, 3.63) is 29.8 Å². The summed E-state index contributed by atoms with van der Waals surface area (Å²) in [5.41, 5.74) is 5.94. The van der Waals surface area contributed by atoms with E-state index in [0.29, 0.717) is 6.61 Å². The van der Waals surface area contributed by atoms with Gasteiger partial charge < -0.3 is 10.5 Å². The maximum Gasteiger partial charge on any atom is 0.246 e. The van der Waals surface area contributed by atoms with Crippen LogP contribution in [0.15, 0.2) is 23.1 Å². The lowest BCUT2D eigenvalue weighted by Gasteiger charge is -2.52. The van der Waals surface area contributed by atoms with Crippen molar-refractivity contribution >= 4 is 10.0 Å². The highest BCUT2D eigenvalue weighted by Gasteiger charge is 2.52. The van der Waals surface area contributed by atoms with Gasteiger partial charge in [-0.3, -0.25) is 0 Å². The molecule has 1 saturated heterocycles. The molecule has 2 aliphatic rings. The fourth-order valence-corrected chi connectivity index (χ4v) is 4.49. The minimum absolute atomic E-state index is 0.0944. The predicted octanol–water partition coefficient (Wildman–Crippen LogP) is 0.748. The number of halogens is 2. The molecule has 4 atom stereocenters. The standard InChI is InChI=1S/C13H16F2N2O3S/c14-8-4-1-5-9(15)13(8)21(18,19)17-11-10(16)7-3-2-6-20-12(7)11/h1,4-5,7,10-12,17H,2-3,6,16H2. The Morgan fingerprint density at radius 3 is 2.62 bits per heavy atom. The molecule has 3 rings (SSSR count). The number of hydrogen-bond acceptors (Lipinski definition) is 4. The molecule has 0 amide bonds. The van der Waals surface area contributed by atoms with E-state index in [1.165, 1.54) is 0 Å². The molecule has 21 heavy (non-hydrogen) atoms. The highest BCUT2D eigenvalue weighted by atomic mass is 32.2. The summed E-state index contributed by atoms with van der Waals surface area (Å²) in [6.45, 7) is 0.542. The molecule has 0 radical (unpaired) electrons.